The van der Waals surface area contributed by atoms with Crippen LogP contribution in [0.2, 0.25) is 0 Å². The number of sulfonamides is 1. The molecule has 3 rings (SSSR count). The Balaban J connectivity index is 1.59. The van der Waals surface area contributed by atoms with Crippen LogP contribution in [0.15, 0.2) is 35.4 Å². The highest BCUT2D eigenvalue weighted by atomic mass is 32.2. The van der Waals surface area contributed by atoms with E-state index < -0.39 is 10.0 Å². The van der Waals surface area contributed by atoms with Gasteiger partial charge in [-0.3, -0.25) is 4.68 Å². The maximum absolute atomic E-state index is 12.4. The molecule has 0 atom stereocenters. The van der Waals surface area contributed by atoms with Gasteiger partial charge in [-0.05, 0) is 38.5 Å². The van der Waals surface area contributed by atoms with Gasteiger partial charge in [0.2, 0.25) is 0 Å². The van der Waals surface area contributed by atoms with Gasteiger partial charge in [0.25, 0.3) is 10.0 Å². The number of aromatic amines is 1. The average molecular weight is 347 g/mol. The van der Waals surface area contributed by atoms with E-state index in [4.69, 9.17) is 0 Å². The molecule has 3 aromatic rings. The van der Waals surface area contributed by atoms with Crippen molar-refractivity contribution in [2.45, 2.75) is 38.3 Å². The fourth-order valence-corrected chi connectivity index (χ4v) is 3.96. The molecule has 0 saturated heterocycles. The molecule has 0 spiro atoms. The molecule has 128 valence electrons. The summed E-state index contributed by atoms with van der Waals surface area (Å²) in [5.41, 5.74) is 2.62. The first-order valence-corrected chi connectivity index (χ1v) is 9.45. The quantitative estimate of drug-likeness (QED) is 0.639. The van der Waals surface area contributed by atoms with Crippen LogP contribution in [-0.4, -0.2) is 34.7 Å². The maximum atomic E-state index is 12.4. The van der Waals surface area contributed by atoms with Crippen molar-refractivity contribution in [2.24, 2.45) is 0 Å². The van der Waals surface area contributed by atoms with Crippen molar-refractivity contribution >= 4 is 21.1 Å². The summed E-state index contributed by atoms with van der Waals surface area (Å²) in [7, 11) is -3.54. The van der Waals surface area contributed by atoms with Gasteiger partial charge in [-0.25, -0.2) is 18.1 Å². The third-order valence-corrected chi connectivity index (χ3v) is 5.22. The van der Waals surface area contributed by atoms with Crippen molar-refractivity contribution in [3.63, 3.8) is 0 Å². The van der Waals surface area contributed by atoms with E-state index in [9.17, 15) is 8.42 Å². The van der Waals surface area contributed by atoms with Crippen LogP contribution in [0.3, 0.4) is 0 Å². The van der Waals surface area contributed by atoms with Crippen molar-refractivity contribution in [3.8, 4) is 0 Å². The van der Waals surface area contributed by atoms with Gasteiger partial charge in [0.15, 0.2) is 5.03 Å². The van der Waals surface area contributed by atoms with Gasteiger partial charge < -0.3 is 4.98 Å². The Morgan fingerprint density at radius 3 is 2.83 bits per heavy atom. The van der Waals surface area contributed by atoms with Crippen LogP contribution in [0.1, 0.15) is 24.9 Å². The van der Waals surface area contributed by atoms with E-state index in [-0.39, 0.29) is 5.03 Å². The molecule has 2 heterocycles. The molecule has 0 unspecified atom stereocenters. The summed E-state index contributed by atoms with van der Waals surface area (Å²) in [6, 6.07) is 9.41. The lowest BCUT2D eigenvalue weighted by Gasteiger charge is -2.07. The minimum Gasteiger partial charge on any atom is -0.342 e. The zero-order valence-electron chi connectivity index (χ0n) is 13.8. The topological polar surface area (TPSA) is 92.7 Å². The lowest BCUT2D eigenvalue weighted by atomic mass is 10.3. The van der Waals surface area contributed by atoms with Crippen LogP contribution >= 0.6 is 0 Å². The van der Waals surface area contributed by atoms with Gasteiger partial charge in [-0.1, -0.05) is 12.1 Å². The van der Waals surface area contributed by atoms with Gasteiger partial charge in [0.1, 0.15) is 5.82 Å². The number of nitrogens with one attached hydrogen (secondary N) is 2. The summed E-state index contributed by atoms with van der Waals surface area (Å²) in [6.45, 7) is 4.52. The van der Waals surface area contributed by atoms with Crippen LogP contribution < -0.4 is 4.72 Å². The number of benzene rings is 1. The zero-order valence-corrected chi connectivity index (χ0v) is 14.6. The first kappa shape index (κ1) is 16.7. The average Bonchev–Trinajstić information content (AvgIpc) is 3.14. The second-order valence-corrected chi connectivity index (χ2v) is 7.36. The largest absolute Gasteiger partial charge is 0.342 e. The number of rotatable bonds is 7. The highest BCUT2D eigenvalue weighted by Gasteiger charge is 2.19. The maximum Gasteiger partial charge on any atom is 0.257 e. The number of H-pyrrole nitrogens is 1. The Morgan fingerprint density at radius 1 is 1.29 bits per heavy atom. The molecule has 0 radical (unpaired) electrons. The Morgan fingerprint density at radius 2 is 2.08 bits per heavy atom. The van der Waals surface area contributed by atoms with Gasteiger partial charge in [0.05, 0.1) is 16.7 Å². The van der Waals surface area contributed by atoms with E-state index in [1.54, 1.807) is 13.0 Å². The van der Waals surface area contributed by atoms with Crippen LogP contribution in [0.5, 0.6) is 0 Å². The highest BCUT2D eigenvalue weighted by Crippen LogP contribution is 2.12. The summed E-state index contributed by atoms with van der Waals surface area (Å²) < 4.78 is 28.9. The van der Waals surface area contributed by atoms with E-state index in [0.717, 1.165) is 16.9 Å². The molecule has 0 aliphatic heterocycles. The summed E-state index contributed by atoms with van der Waals surface area (Å²) in [5.74, 6) is 0.866. The molecule has 2 N–H and O–H groups in total. The molecular formula is C16H21N5O2S. The van der Waals surface area contributed by atoms with E-state index >= 15 is 0 Å². The van der Waals surface area contributed by atoms with Crippen molar-refractivity contribution in [1.29, 1.82) is 0 Å². The highest BCUT2D eigenvalue weighted by molar-refractivity contribution is 7.89. The van der Waals surface area contributed by atoms with Gasteiger partial charge in [0, 0.05) is 19.5 Å². The van der Waals surface area contributed by atoms with Gasteiger partial charge in [-0.2, -0.15) is 5.10 Å². The summed E-state index contributed by atoms with van der Waals surface area (Å²) >= 11 is 0. The monoisotopic (exact) mass is 347 g/mol. The SMILES string of the molecule is CCn1nc(C)cc1S(=O)(=O)NCCCc1nc2ccccc2[nH]1. The van der Waals surface area contributed by atoms with E-state index in [1.807, 2.05) is 31.2 Å². The fraction of sp³-hybridized carbons (Fsp3) is 0.375. The first-order valence-electron chi connectivity index (χ1n) is 7.97. The molecule has 0 fully saturated rings. The molecule has 0 amide bonds. The molecule has 7 nitrogen and oxygen atoms in total. The normalized spacial score (nSPS) is 12.1. The smallest absolute Gasteiger partial charge is 0.257 e. The fourth-order valence-electron chi connectivity index (χ4n) is 2.62. The summed E-state index contributed by atoms with van der Waals surface area (Å²) in [6.07, 6.45) is 1.35. The third-order valence-electron chi connectivity index (χ3n) is 3.76. The third kappa shape index (κ3) is 3.49. The molecule has 0 bridgehead atoms. The van der Waals surface area contributed by atoms with Crippen molar-refractivity contribution in [2.75, 3.05) is 6.54 Å². The molecule has 0 aliphatic carbocycles. The molecule has 8 heteroatoms. The summed E-state index contributed by atoms with van der Waals surface area (Å²) in [4.78, 5) is 7.73. The predicted octanol–water partition coefficient (Wildman–Crippen LogP) is 2.00. The second kappa shape index (κ2) is 6.74. The Labute approximate surface area is 141 Å². The van der Waals surface area contributed by atoms with Crippen LogP contribution in [0.4, 0.5) is 0 Å². The molecule has 1 aromatic carbocycles. The standard InChI is InChI=1S/C16H21N5O2S/c1-3-21-16(11-12(2)20-21)24(22,23)17-10-6-9-15-18-13-7-4-5-8-14(13)19-15/h4-5,7-8,11,17H,3,6,9-10H2,1-2H3,(H,18,19). The van der Waals surface area contributed by atoms with Crippen LogP contribution in [-0.2, 0) is 23.0 Å². The van der Waals surface area contributed by atoms with E-state index in [0.29, 0.717) is 31.6 Å². The minimum atomic E-state index is -3.54. The number of aromatic nitrogens is 4. The number of imidazole rings is 1. The van der Waals surface area contributed by atoms with Gasteiger partial charge in [-0.15, -0.1) is 0 Å². The number of para-hydroxylation sites is 2. The van der Waals surface area contributed by atoms with Crippen molar-refractivity contribution in [3.05, 3.63) is 41.9 Å². The number of fused-ring (bicyclic) bond motifs is 1. The number of hydrogen-bond acceptors (Lipinski definition) is 4. The Bertz CT molecular complexity index is 909. The predicted molar refractivity (Wildman–Crippen MR) is 92.2 cm³/mol. The lowest BCUT2D eigenvalue weighted by Crippen LogP contribution is -2.27. The molecule has 24 heavy (non-hydrogen) atoms. The minimum absolute atomic E-state index is 0.214. The number of nitrogens with zero attached hydrogens (tertiary/aromatic N) is 3. The van der Waals surface area contributed by atoms with Crippen molar-refractivity contribution < 1.29 is 8.42 Å². The Kier molecular flexibility index (Phi) is 4.68. The van der Waals surface area contributed by atoms with E-state index in [2.05, 4.69) is 19.8 Å². The molecular weight excluding hydrogens is 326 g/mol. The van der Waals surface area contributed by atoms with E-state index in [1.165, 1.54) is 4.68 Å². The Hall–Kier alpha value is -2.19. The molecule has 0 saturated carbocycles. The molecule has 0 aliphatic rings. The van der Waals surface area contributed by atoms with Crippen LogP contribution in [0.25, 0.3) is 11.0 Å². The first-order chi connectivity index (χ1) is 11.5. The number of aryl methyl sites for hydroxylation is 3. The summed E-state index contributed by atoms with van der Waals surface area (Å²) in [5, 5.41) is 4.39. The lowest BCUT2D eigenvalue weighted by molar-refractivity contribution is 0.541. The van der Waals surface area contributed by atoms with Crippen molar-refractivity contribution in [1.82, 2.24) is 24.5 Å². The second-order valence-electron chi connectivity index (χ2n) is 5.64. The van der Waals surface area contributed by atoms with Crippen LogP contribution in [0, 0.1) is 6.92 Å². The van der Waals surface area contributed by atoms with Gasteiger partial charge >= 0.3 is 0 Å². The molecule has 2 aromatic heterocycles. The zero-order chi connectivity index (χ0) is 17.2. The number of hydrogen-bond donors (Lipinski definition) is 2.